The second-order valence-electron chi connectivity index (χ2n) is 11.2. The molecule has 43 heavy (non-hydrogen) atoms. The van der Waals surface area contributed by atoms with E-state index in [1.807, 2.05) is 11.9 Å². The molecule has 0 aromatic carbocycles. The summed E-state index contributed by atoms with van der Waals surface area (Å²) in [5.41, 5.74) is -0.835. The van der Waals surface area contributed by atoms with Crippen molar-refractivity contribution in [1.29, 1.82) is 0 Å². The molecule has 252 valence electrons. The van der Waals surface area contributed by atoms with E-state index in [9.17, 15) is 9.36 Å². The molecule has 3 aliphatic rings. The van der Waals surface area contributed by atoms with Crippen LogP contribution in [0, 0.1) is 5.92 Å². The number of carbonyl (C=O) groups excluding carboxylic acids is 1. The number of amides is 1. The summed E-state index contributed by atoms with van der Waals surface area (Å²) in [7, 11) is -2.64. The Labute approximate surface area is 292 Å². The number of phosphoric ester groups is 1. The van der Waals surface area contributed by atoms with Crippen molar-refractivity contribution in [1.82, 2.24) is 10.2 Å². The van der Waals surface area contributed by atoms with Crippen LogP contribution in [-0.2, 0) is 37.1 Å². The van der Waals surface area contributed by atoms with Gasteiger partial charge in [-0.05, 0) is 46.4 Å². The largest absolute Gasteiger partial charge is 0.475 e. The number of alkyl halides is 7. The zero-order valence-electron chi connectivity index (χ0n) is 24.4. The number of ether oxygens (including phenoxy) is 3. The molecule has 0 bridgehead atoms. The minimum Gasteiger partial charge on any atom is -0.356 e. The summed E-state index contributed by atoms with van der Waals surface area (Å²) >= 11 is 42.9. The molecule has 0 spiro atoms. The van der Waals surface area contributed by atoms with Gasteiger partial charge in [0, 0.05) is 6.54 Å². The smallest absolute Gasteiger partial charge is 0.356 e. The van der Waals surface area contributed by atoms with E-state index in [4.69, 9.17) is 109 Å². The van der Waals surface area contributed by atoms with Crippen LogP contribution in [-0.4, -0.2) is 105 Å². The van der Waals surface area contributed by atoms with Crippen molar-refractivity contribution in [2.45, 2.75) is 101 Å². The summed E-state index contributed by atoms with van der Waals surface area (Å²) in [5.74, 6) is -0.841. The Hall–Kier alpha value is 1.80. The van der Waals surface area contributed by atoms with Gasteiger partial charge < -0.3 is 19.5 Å². The number of halogens is 7. The Bertz CT molecular complexity index is 986. The number of nitrogens with one attached hydrogen (secondary N) is 1. The lowest BCUT2D eigenvalue weighted by molar-refractivity contribution is -0.167. The average Bonchev–Trinajstić information content (AvgIpc) is 3.42. The fraction of sp³-hybridized carbons (Fsp3) is 0.958. The van der Waals surface area contributed by atoms with Gasteiger partial charge in [0.1, 0.15) is 43.1 Å². The minimum absolute atomic E-state index is 0.155. The summed E-state index contributed by atoms with van der Waals surface area (Å²) in [6.07, 6.45) is -0.120. The van der Waals surface area contributed by atoms with E-state index < -0.39 is 75.7 Å². The summed E-state index contributed by atoms with van der Waals surface area (Å²) in [5, 5.41) is 2.54. The standard InChI is InChI=1S/C24H38Cl7N2O8PS/c1-7-13-8-14(33(5)9-13)20(34)32-15(12(2)25)16-17-18(40-22(3,4)39-17)19(21(38-16)43-6)41-42(35,36-10-23(26,27)28)37-11-24(29,30)31/h12-19,21H,7-11H2,1-6H3,(H,32,34)/t12-,13-,14?,15+,16+,17-,18?,19?,21+/m0/s1. The first kappa shape index (κ1) is 39.2. The number of rotatable bonds is 12. The van der Waals surface area contributed by atoms with Gasteiger partial charge in [0.2, 0.25) is 13.5 Å². The van der Waals surface area contributed by atoms with Crippen LogP contribution < -0.4 is 5.32 Å². The number of hydrogen-bond donors (Lipinski definition) is 1. The van der Waals surface area contributed by atoms with Crippen molar-refractivity contribution >= 4 is 107 Å². The quantitative estimate of drug-likeness (QED) is 0.170. The highest BCUT2D eigenvalue weighted by Gasteiger charge is 2.60. The zero-order chi connectivity index (χ0) is 32.5. The topological polar surface area (TPSA) is 105 Å². The second kappa shape index (κ2) is 15.6. The lowest BCUT2D eigenvalue weighted by atomic mass is 9.92. The van der Waals surface area contributed by atoms with Gasteiger partial charge in [-0.3, -0.25) is 23.3 Å². The lowest BCUT2D eigenvalue weighted by Crippen LogP contribution is -2.64. The molecule has 3 saturated heterocycles. The molecule has 19 heteroatoms. The predicted molar refractivity (Wildman–Crippen MR) is 173 cm³/mol. The van der Waals surface area contributed by atoms with Crippen molar-refractivity contribution < 1.29 is 37.1 Å². The molecule has 1 N–H and O–H groups in total. The summed E-state index contributed by atoms with van der Waals surface area (Å²) in [4.78, 5) is 15.5. The Kier molecular flexibility index (Phi) is 14.2. The van der Waals surface area contributed by atoms with Gasteiger partial charge in [0.25, 0.3) is 0 Å². The fourth-order valence-electron chi connectivity index (χ4n) is 5.36. The normalized spacial score (nSPS) is 33.3. The molecular formula is C24H38Cl7N2O8PS. The summed E-state index contributed by atoms with van der Waals surface area (Å²) < 4.78 is 45.5. The van der Waals surface area contributed by atoms with Crippen LogP contribution in [0.5, 0.6) is 0 Å². The van der Waals surface area contributed by atoms with E-state index in [-0.39, 0.29) is 11.9 Å². The molecule has 3 unspecified atom stereocenters. The van der Waals surface area contributed by atoms with Crippen molar-refractivity contribution in [3.05, 3.63) is 0 Å². The molecule has 0 radical (unpaired) electrons. The van der Waals surface area contributed by atoms with Crippen LogP contribution in [0.3, 0.4) is 0 Å². The molecular weight excluding hydrogens is 755 g/mol. The van der Waals surface area contributed by atoms with Gasteiger partial charge in [-0.15, -0.1) is 23.4 Å². The fourth-order valence-corrected chi connectivity index (χ4v) is 8.58. The van der Waals surface area contributed by atoms with E-state index in [0.29, 0.717) is 5.92 Å². The van der Waals surface area contributed by atoms with Crippen molar-refractivity contribution in [2.24, 2.45) is 5.92 Å². The predicted octanol–water partition coefficient (Wildman–Crippen LogP) is 6.70. The maximum atomic E-state index is 13.8. The number of carbonyl (C=O) groups is 1. The first-order valence-corrected chi connectivity index (χ1v) is 19.0. The molecule has 0 aromatic heterocycles. The van der Waals surface area contributed by atoms with Crippen molar-refractivity contribution in [2.75, 3.05) is 33.1 Å². The Morgan fingerprint density at radius 2 is 1.67 bits per heavy atom. The van der Waals surface area contributed by atoms with Crippen molar-refractivity contribution in [3.8, 4) is 0 Å². The highest BCUT2D eigenvalue weighted by molar-refractivity contribution is 7.99. The van der Waals surface area contributed by atoms with Gasteiger partial charge in [0.15, 0.2) is 5.79 Å². The van der Waals surface area contributed by atoms with Gasteiger partial charge in [-0.25, -0.2) is 4.57 Å². The second-order valence-corrected chi connectivity index (χ2v) is 19.5. The Morgan fingerprint density at radius 1 is 1.12 bits per heavy atom. The summed E-state index contributed by atoms with van der Waals surface area (Å²) in [6, 6.07) is -0.986. The third-order valence-electron chi connectivity index (χ3n) is 7.30. The molecule has 9 atom stereocenters. The number of fused-ring (bicyclic) bond motifs is 1. The van der Waals surface area contributed by atoms with E-state index in [0.717, 1.165) is 19.4 Å². The van der Waals surface area contributed by atoms with E-state index in [1.54, 1.807) is 27.0 Å². The van der Waals surface area contributed by atoms with Crippen LogP contribution in [0.1, 0.15) is 40.5 Å². The monoisotopic (exact) mass is 790 g/mol. The highest BCUT2D eigenvalue weighted by atomic mass is 35.6. The summed E-state index contributed by atoms with van der Waals surface area (Å²) in [6.45, 7) is 6.79. The molecule has 3 fully saturated rings. The minimum atomic E-state index is -4.57. The van der Waals surface area contributed by atoms with Crippen molar-refractivity contribution in [3.63, 3.8) is 0 Å². The van der Waals surface area contributed by atoms with Crippen LogP contribution in [0.4, 0.5) is 0 Å². The van der Waals surface area contributed by atoms with Crippen LogP contribution in [0.25, 0.3) is 0 Å². The Balaban J connectivity index is 1.90. The van der Waals surface area contributed by atoms with E-state index >= 15 is 0 Å². The number of phosphoric acid groups is 1. The maximum Gasteiger partial charge on any atom is 0.475 e. The number of nitrogens with zero attached hydrogens (tertiary/aromatic N) is 1. The lowest BCUT2D eigenvalue weighted by Gasteiger charge is -2.45. The van der Waals surface area contributed by atoms with Crippen LogP contribution in [0.15, 0.2) is 0 Å². The highest BCUT2D eigenvalue weighted by Crippen LogP contribution is 2.56. The number of likely N-dealkylation sites (N-methyl/N-ethyl adjacent to an activating group) is 1. The Morgan fingerprint density at radius 3 is 2.14 bits per heavy atom. The third-order valence-corrected chi connectivity index (χ3v) is 10.5. The first-order chi connectivity index (χ1) is 19.7. The molecule has 0 aliphatic carbocycles. The van der Waals surface area contributed by atoms with Gasteiger partial charge in [-0.2, -0.15) is 0 Å². The molecule has 0 saturated carbocycles. The molecule has 1 amide bonds. The van der Waals surface area contributed by atoms with Crippen LogP contribution in [0.2, 0.25) is 0 Å². The molecule has 10 nitrogen and oxygen atoms in total. The van der Waals surface area contributed by atoms with E-state index in [1.165, 1.54) is 11.8 Å². The third kappa shape index (κ3) is 11.2. The number of likely N-dealkylation sites (tertiary alicyclic amines) is 1. The molecule has 0 aromatic rings. The molecule has 3 heterocycles. The van der Waals surface area contributed by atoms with Gasteiger partial charge >= 0.3 is 7.82 Å². The van der Waals surface area contributed by atoms with Gasteiger partial charge in [0.05, 0.1) is 17.5 Å². The number of thioether (sulfide) groups is 1. The SMILES string of the molecule is CC[C@H]1CC(C(=O)N[C@@H]([C@H]2O[C@H](SC)C(OP(=O)(OCC(Cl)(Cl)Cl)OCC(Cl)(Cl)Cl)C3OC(C)(C)O[C@H]32)[C@H](C)Cl)N(C)C1. The molecule has 3 aliphatic heterocycles. The zero-order valence-corrected chi connectivity index (χ0v) is 31.4. The average molecular weight is 794 g/mol. The molecule has 3 rings (SSSR count). The maximum absolute atomic E-state index is 13.8. The first-order valence-electron chi connectivity index (χ1n) is 13.6. The van der Waals surface area contributed by atoms with Gasteiger partial charge in [-0.1, -0.05) is 83.0 Å². The number of hydrogen-bond acceptors (Lipinski definition) is 10. The van der Waals surface area contributed by atoms with E-state index in [2.05, 4.69) is 12.2 Å². The van der Waals surface area contributed by atoms with Crippen LogP contribution >= 0.6 is 101 Å².